The van der Waals surface area contributed by atoms with Crippen molar-refractivity contribution >= 4 is 11.8 Å². The third kappa shape index (κ3) is 4.86. The summed E-state index contributed by atoms with van der Waals surface area (Å²) in [5.41, 5.74) is 1.05. The van der Waals surface area contributed by atoms with Gasteiger partial charge in [-0.2, -0.15) is 0 Å². The van der Waals surface area contributed by atoms with Crippen LogP contribution in [-0.2, 0) is 6.61 Å². The number of carbonyl (C=O) groups excluding carboxylic acids is 1. The zero-order valence-electron chi connectivity index (χ0n) is 14.9. The molecule has 0 heterocycles. The van der Waals surface area contributed by atoms with E-state index in [-0.39, 0.29) is 18.0 Å². The average molecular weight is 355 g/mol. The van der Waals surface area contributed by atoms with Gasteiger partial charge in [-0.25, -0.2) is 4.79 Å². The van der Waals surface area contributed by atoms with Crippen molar-refractivity contribution < 1.29 is 24.2 Å². The summed E-state index contributed by atoms with van der Waals surface area (Å²) < 4.78 is 11.0. The van der Waals surface area contributed by atoms with E-state index in [9.17, 15) is 14.7 Å². The van der Waals surface area contributed by atoms with Gasteiger partial charge < -0.3 is 19.5 Å². The molecule has 0 aliphatic heterocycles. The number of hydrogen-bond acceptors (Lipinski definition) is 5. The Kier molecular flexibility index (Phi) is 6.38. The van der Waals surface area contributed by atoms with Gasteiger partial charge in [0.1, 0.15) is 18.1 Å². The summed E-state index contributed by atoms with van der Waals surface area (Å²) >= 11 is 0. The minimum Gasteiger partial charge on any atom is -0.497 e. The lowest BCUT2D eigenvalue weighted by atomic mass is 10.1. The van der Waals surface area contributed by atoms with E-state index in [2.05, 4.69) is 0 Å². The fourth-order valence-electron chi connectivity index (χ4n) is 2.27. The van der Waals surface area contributed by atoms with Crippen LogP contribution in [0.15, 0.2) is 54.7 Å². The van der Waals surface area contributed by atoms with Crippen LogP contribution in [0, 0.1) is 0 Å². The van der Waals surface area contributed by atoms with Crippen LogP contribution in [0.1, 0.15) is 26.3 Å². The molecule has 0 bridgehead atoms. The van der Waals surface area contributed by atoms with Crippen molar-refractivity contribution in [3.05, 3.63) is 71.4 Å². The molecule has 6 nitrogen and oxygen atoms in total. The van der Waals surface area contributed by atoms with Crippen LogP contribution in [0.25, 0.3) is 0 Å². The lowest BCUT2D eigenvalue weighted by Crippen LogP contribution is -2.08. The van der Waals surface area contributed by atoms with Crippen LogP contribution in [0.2, 0.25) is 0 Å². The summed E-state index contributed by atoms with van der Waals surface area (Å²) in [5, 5.41) is 9.27. The zero-order valence-corrected chi connectivity index (χ0v) is 14.9. The largest absolute Gasteiger partial charge is 0.497 e. The number of ketones is 1. The number of carboxylic acid groups (broad SMARTS) is 1. The van der Waals surface area contributed by atoms with Crippen molar-refractivity contribution in [2.24, 2.45) is 0 Å². The number of allylic oxidation sites excluding steroid dienone is 1. The number of carbonyl (C=O) groups is 2. The van der Waals surface area contributed by atoms with Gasteiger partial charge in [0.25, 0.3) is 0 Å². The smallest absolute Gasteiger partial charge is 0.336 e. The Morgan fingerprint density at radius 2 is 1.85 bits per heavy atom. The summed E-state index contributed by atoms with van der Waals surface area (Å²) in [6, 6.07) is 11.5. The predicted octanol–water partition coefficient (Wildman–Crippen LogP) is 3.23. The van der Waals surface area contributed by atoms with Crippen LogP contribution >= 0.6 is 0 Å². The standard InChI is InChI=1S/C20H21NO5/c1-21(2)11-10-18(22)17-9-8-15(25-3)12-19(17)26-13-14-6-4-5-7-16(14)20(23)24/h4-12H,13H2,1-3H3,(H,23,24)/b11-10+. The fourth-order valence-corrected chi connectivity index (χ4v) is 2.27. The van der Waals surface area contributed by atoms with Crippen molar-refractivity contribution in [3.8, 4) is 11.5 Å². The lowest BCUT2D eigenvalue weighted by Gasteiger charge is -2.13. The number of rotatable bonds is 8. The first kappa shape index (κ1) is 19.1. The number of nitrogens with zero attached hydrogens (tertiary/aromatic N) is 1. The first-order chi connectivity index (χ1) is 12.4. The Bertz CT molecular complexity index is 827. The van der Waals surface area contributed by atoms with Crippen molar-refractivity contribution in [3.63, 3.8) is 0 Å². The van der Waals surface area contributed by atoms with Crippen LogP contribution in [0.4, 0.5) is 0 Å². The number of ether oxygens (including phenoxy) is 2. The number of carboxylic acids is 1. The van der Waals surface area contributed by atoms with Crippen LogP contribution in [0.3, 0.4) is 0 Å². The highest BCUT2D eigenvalue weighted by atomic mass is 16.5. The number of methoxy groups -OCH3 is 1. The Morgan fingerprint density at radius 1 is 1.12 bits per heavy atom. The molecular weight excluding hydrogens is 334 g/mol. The molecule has 0 unspecified atom stereocenters. The molecule has 0 radical (unpaired) electrons. The van der Waals surface area contributed by atoms with E-state index < -0.39 is 5.97 Å². The van der Waals surface area contributed by atoms with E-state index in [0.29, 0.717) is 22.6 Å². The van der Waals surface area contributed by atoms with Gasteiger partial charge >= 0.3 is 5.97 Å². The maximum Gasteiger partial charge on any atom is 0.336 e. The topological polar surface area (TPSA) is 76.1 Å². The SMILES string of the molecule is COc1ccc(C(=O)/C=C/N(C)C)c(OCc2ccccc2C(=O)O)c1. The highest BCUT2D eigenvalue weighted by Gasteiger charge is 2.14. The van der Waals surface area contributed by atoms with Gasteiger partial charge in [-0.05, 0) is 18.2 Å². The third-order valence-corrected chi connectivity index (χ3v) is 3.61. The zero-order chi connectivity index (χ0) is 19.1. The molecule has 0 atom stereocenters. The summed E-state index contributed by atoms with van der Waals surface area (Å²) in [7, 11) is 5.16. The normalized spacial score (nSPS) is 10.6. The fraction of sp³-hybridized carbons (Fsp3) is 0.200. The molecule has 0 spiro atoms. The molecular formula is C20H21NO5. The number of aromatic carboxylic acids is 1. The summed E-state index contributed by atoms with van der Waals surface area (Å²) in [6.07, 6.45) is 3.09. The van der Waals surface area contributed by atoms with E-state index in [1.807, 2.05) is 14.1 Å². The molecule has 1 N–H and O–H groups in total. The van der Waals surface area contributed by atoms with Crippen LogP contribution in [-0.4, -0.2) is 43.0 Å². The molecule has 0 saturated heterocycles. The number of benzene rings is 2. The molecule has 26 heavy (non-hydrogen) atoms. The van der Waals surface area contributed by atoms with Gasteiger partial charge in [0.15, 0.2) is 5.78 Å². The molecule has 0 aromatic heterocycles. The van der Waals surface area contributed by atoms with Gasteiger partial charge in [0.2, 0.25) is 0 Å². The van der Waals surface area contributed by atoms with E-state index in [4.69, 9.17) is 9.47 Å². The second kappa shape index (κ2) is 8.71. The Hall–Kier alpha value is -3.28. The molecule has 0 fully saturated rings. The van der Waals surface area contributed by atoms with Gasteiger partial charge in [-0.3, -0.25) is 4.79 Å². The second-order valence-corrected chi connectivity index (χ2v) is 5.76. The van der Waals surface area contributed by atoms with E-state index in [0.717, 1.165) is 0 Å². The van der Waals surface area contributed by atoms with Gasteiger partial charge in [-0.1, -0.05) is 18.2 Å². The summed E-state index contributed by atoms with van der Waals surface area (Å²) in [5.74, 6) is -0.375. The molecule has 6 heteroatoms. The van der Waals surface area contributed by atoms with Crippen LogP contribution in [0.5, 0.6) is 11.5 Å². The average Bonchev–Trinajstić information content (AvgIpc) is 2.64. The molecule has 136 valence electrons. The second-order valence-electron chi connectivity index (χ2n) is 5.76. The van der Waals surface area contributed by atoms with Crippen molar-refractivity contribution in [2.45, 2.75) is 6.61 Å². The van der Waals surface area contributed by atoms with E-state index in [1.54, 1.807) is 47.5 Å². The summed E-state index contributed by atoms with van der Waals surface area (Å²) in [4.78, 5) is 25.5. The van der Waals surface area contributed by atoms with Gasteiger partial charge in [-0.15, -0.1) is 0 Å². The third-order valence-electron chi connectivity index (χ3n) is 3.61. The number of hydrogen-bond donors (Lipinski definition) is 1. The Morgan fingerprint density at radius 3 is 2.50 bits per heavy atom. The molecule has 2 aromatic rings. The van der Waals surface area contributed by atoms with Crippen molar-refractivity contribution in [1.29, 1.82) is 0 Å². The Balaban J connectivity index is 2.30. The van der Waals surface area contributed by atoms with Gasteiger partial charge in [0.05, 0.1) is 18.2 Å². The molecule has 0 aliphatic carbocycles. The molecule has 2 aromatic carbocycles. The van der Waals surface area contributed by atoms with Crippen molar-refractivity contribution in [2.75, 3.05) is 21.2 Å². The minimum absolute atomic E-state index is 0.0211. The first-order valence-electron chi connectivity index (χ1n) is 7.93. The summed E-state index contributed by atoms with van der Waals surface area (Å²) in [6.45, 7) is 0.0211. The predicted molar refractivity (Wildman–Crippen MR) is 97.9 cm³/mol. The Labute approximate surface area is 152 Å². The maximum atomic E-state index is 12.4. The van der Waals surface area contributed by atoms with Gasteiger partial charge in [0, 0.05) is 38.0 Å². The van der Waals surface area contributed by atoms with Crippen LogP contribution < -0.4 is 9.47 Å². The molecule has 0 aliphatic rings. The highest BCUT2D eigenvalue weighted by molar-refractivity contribution is 6.06. The monoisotopic (exact) mass is 355 g/mol. The quantitative estimate of drug-likeness (QED) is 0.579. The highest BCUT2D eigenvalue weighted by Crippen LogP contribution is 2.27. The lowest BCUT2D eigenvalue weighted by molar-refractivity contribution is 0.0693. The first-order valence-corrected chi connectivity index (χ1v) is 7.93. The molecule has 2 rings (SSSR count). The van der Waals surface area contributed by atoms with Crippen molar-refractivity contribution in [1.82, 2.24) is 4.90 Å². The van der Waals surface area contributed by atoms with E-state index in [1.165, 1.54) is 19.3 Å². The molecule has 0 saturated carbocycles. The maximum absolute atomic E-state index is 12.4. The molecule has 0 amide bonds. The minimum atomic E-state index is -1.03. The van der Waals surface area contributed by atoms with E-state index >= 15 is 0 Å².